The number of benzene rings is 3. The maximum absolute atomic E-state index is 12.9. The molecule has 4 rings (SSSR count). The minimum Gasteiger partial charge on any atom is -0.452 e. The van der Waals surface area contributed by atoms with Crippen LogP contribution in [-0.2, 0) is 19.4 Å². The van der Waals surface area contributed by atoms with E-state index in [1.807, 2.05) is 54.6 Å². The Hall–Kier alpha value is -2.93. The summed E-state index contributed by atoms with van der Waals surface area (Å²) < 4.78 is 28.6. The summed E-state index contributed by atoms with van der Waals surface area (Å²) in [6, 6.07) is 16.7. The Morgan fingerprint density at radius 1 is 1.03 bits per heavy atom. The van der Waals surface area contributed by atoms with E-state index >= 15 is 0 Å². The van der Waals surface area contributed by atoms with Crippen molar-refractivity contribution in [2.45, 2.75) is 12.5 Å². The quantitative estimate of drug-likeness (QED) is 0.487. The van der Waals surface area contributed by atoms with E-state index in [4.69, 9.17) is 4.74 Å². The Balaban J connectivity index is 1.57. The van der Waals surface area contributed by atoms with Gasteiger partial charge >= 0.3 is 5.97 Å². The summed E-state index contributed by atoms with van der Waals surface area (Å²) in [5.41, 5.74) is 0.428. The second-order valence-electron chi connectivity index (χ2n) is 7.33. The van der Waals surface area contributed by atoms with Gasteiger partial charge in [-0.1, -0.05) is 48.5 Å². The molecular weight excluding hydrogens is 390 g/mol. The van der Waals surface area contributed by atoms with Crippen LogP contribution in [0.1, 0.15) is 16.8 Å². The molecule has 1 aliphatic rings. The highest BCUT2D eigenvalue weighted by atomic mass is 32.2. The highest BCUT2D eigenvalue weighted by Gasteiger charge is 2.33. The number of ether oxygens (including phenoxy) is 1. The zero-order valence-corrected chi connectivity index (χ0v) is 16.8. The van der Waals surface area contributed by atoms with Crippen LogP contribution in [0, 0.1) is 0 Å². The molecule has 0 N–H and O–H groups in total. The number of fused-ring (bicyclic) bond motifs is 2. The zero-order chi connectivity index (χ0) is 20.6. The highest BCUT2D eigenvalue weighted by molar-refractivity contribution is 7.91. The molecular formula is C22H21NO5S. The predicted octanol–water partition coefficient (Wildman–Crippen LogP) is 2.80. The SMILES string of the molecule is CN(C(=O)COC(=O)c1c2ccccc2cc2ccccc12)[C@H]1CCS(=O)(=O)C1. The molecule has 1 atom stereocenters. The molecule has 1 saturated heterocycles. The molecule has 0 aliphatic carbocycles. The van der Waals surface area contributed by atoms with Gasteiger partial charge < -0.3 is 9.64 Å². The van der Waals surface area contributed by atoms with Crippen molar-refractivity contribution in [3.8, 4) is 0 Å². The minimum atomic E-state index is -3.10. The number of rotatable bonds is 4. The van der Waals surface area contributed by atoms with Crippen molar-refractivity contribution in [2.24, 2.45) is 0 Å². The summed E-state index contributed by atoms with van der Waals surface area (Å²) in [6.45, 7) is -0.427. The second kappa shape index (κ2) is 7.48. The third-order valence-corrected chi connectivity index (χ3v) is 7.20. The lowest BCUT2D eigenvalue weighted by Gasteiger charge is -2.23. The molecule has 0 saturated carbocycles. The van der Waals surface area contributed by atoms with Gasteiger partial charge in [0, 0.05) is 13.1 Å². The van der Waals surface area contributed by atoms with E-state index in [-0.39, 0.29) is 17.5 Å². The van der Waals surface area contributed by atoms with Gasteiger partial charge in [-0.05, 0) is 34.0 Å². The van der Waals surface area contributed by atoms with Gasteiger partial charge in [-0.3, -0.25) is 4.79 Å². The van der Waals surface area contributed by atoms with Gasteiger partial charge in [0.1, 0.15) is 0 Å². The molecule has 3 aromatic carbocycles. The second-order valence-corrected chi connectivity index (χ2v) is 9.56. The minimum absolute atomic E-state index is 0.0445. The first kappa shape index (κ1) is 19.4. The van der Waals surface area contributed by atoms with Crippen molar-refractivity contribution in [3.05, 3.63) is 60.2 Å². The topological polar surface area (TPSA) is 80.8 Å². The maximum Gasteiger partial charge on any atom is 0.339 e. The summed E-state index contributed by atoms with van der Waals surface area (Å²) >= 11 is 0. The summed E-state index contributed by atoms with van der Waals surface area (Å²) in [4.78, 5) is 26.8. The van der Waals surface area contributed by atoms with Crippen LogP contribution in [0.25, 0.3) is 21.5 Å². The number of carbonyl (C=O) groups excluding carboxylic acids is 2. The smallest absolute Gasteiger partial charge is 0.339 e. The third kappa shape index (κ3) is 3.82. The van der Waals surface area contributed by atoms with Crippen molar-refractivity contribution in [2.75, 3.05) is 25.2 Å². The molecule has 150 valence electrons. The Morgan fingerprint density at radius 2 is 1.62 bits per heavy atom. The van der Waals surface area contributed by atoms with Crippen molar-refractivity contribution < 1.29 is 22.7 Å². The number of likely N-dealkylation sites (N-methyl/N-ethyl adjacent to an activating group) is 1. The lowest BCUT2D eigenvalue weighted by molar-refractivity contribution is -0.134. The molecule has 6 nitrogen and oxygen atoms in total. The largest absolute Gasteiger partial charge is 0.452 e. The van der Waals surface area contributed by atoms with Gasteiger partial charge in [0.05, 0.1) is 17.1 Å². The molecule has 3 aromatic rings. The fourth-order valence-electron chi connectivity index (χ4n) is 3.82. The van der Waals surface area contributed by atoms with Crippen LogP contribution in [0.3, 0.4) is 0 Å². The molecule has 0 bridgehead atoms. The van der Waals surface area contributed by atoms with Crippen molar-refractivity contribution >= 4 is 43.3 Å². The zero-order valence-electron chi connectivity index (χ0n) is 16.0. The Bertz CT molecular complexity index is 1160. The van der Waals surface area contributed by atoms with Gasteiger partial charge in [0.2, 0.25) is 0 Å². The molecule has 1 heterocycles. The maximum atomic E-state index is 12.9. The number of esters is 1. The van der Waals surface area contributed by atoms with Crippen molar-refractivity contribution in [1.82, 2.24) is 4.90 Å². The normalized spacial score (nSPS) is 18.0. The third-order valence-electron chi connectivity index (χ3n) is 5.45. The summed E-state index contributed by atoms with van der Waals surface area (Å²) in [6.07, 6.45) is 0.409. The van der Waals surface area contributed by atoms with E-state index in [2.05, 4.69) is 0 Å². The van der Waals surface area contributed by atoms with Gasteiger partial charge in [0.15, 0.2) is 16.4 Å². The van der Waals surface area contributed by atoms with E-state index in [1.54, 1.807) is 7.05 Å². The van der Waals surface area contributed by atoms with E-state index in [9.17, 15) is 18.0 Å². The number of sulfone groups is 1. The van der Waals surface area contributed by atoms with Crippen LogP contribution in [0.15, 0.2) is 54.6 Å². The van der Waals surface area contributed by atoms with Gasteiger partial charge in [-0.25, -0.2) is 13.2 Å². The molecule has 1 fully saturated rings. The van der Waals surface area contributed by atoms with Gasteiger partial charge in [-0.15, -0.1) is 0 Å². The van der Waals surface area contributed by atoms with Gasteiger partial charge in [-0.2, -0.15) is 0 Å². The molecule has 0 unspecified atom stereocenters. The van der Waals surface area contributed by atoms with E-state index in [0.29, 0.717) is 12.0 Å². The first-order valence-corrected chi connectivity index (χ1v) is 11.2. The van der Waals surface area contributed by atoms with Crippen LogP contribution >= 0.6 is 0 Å². The van der Waals surface area contributed by atoms with Crippen LogP contribution in [-0.4, -0.2) is 56.4 Å². The monoisotopic (exact) mass is 411 g/mol. The first-order chi connectivity index (χ1) is 13.9. The molecule has 29 heavy (non-hydrogen) atoms. The van der Waals surface area contributed by atoms with E-state index in [0.717, 1.165) is 21.5 Å². The molecule has 0 aromatic heterocycles. The standard InChI is InChI=1S/C22H21NO5S/c1-23(17-10-11-29(26,27)14-17)20(24)13-28-22(25)21-18-8-4-2-6-15(18)12-16-7-3-5-9-19(16)21/h2-9,12,17H,10-11,13-14H2,1H3/t17-/m0/s1. The molecule has 7 heteroatoms. The number of nitrogens with zero attached hydrogens (tertiary/aromatic N) is 1. The van der Waals surface area contributed by atoms with E-state index < -0.39 is 28.3 Å². The lowest BCUT2D eigenvalue weighted by atomic mass is 9.97. The van der Waals surface area contributed by atoms with Crippen molar-refractivity contribution in [3.63, 3.8) is 0 Å². The number of hydrogen-bond donors (Lipinski definition) is 0. The fraction of sp³-hybridized carbons (Fsp3) is 0.273. The average molecular weight is 411 g/mol. The number of amides is 1. The molecule has 1 amide bonds. The summed E-state index contributed by atoms with van der Waals surface area (Å²) in [5, 5.41) is 3.35. The van der Waals surface area contributed by atoms with Crippen molar-refractivity contribution in [1.29, 1.82) is 0 Å². The fourth-order valence-corrected chi connectivity index (χ4v) is 5.59. The number of hydrogen-bond acceptors (Lipinski definition) is 5. The molecule has 0 radical (unpaired) electrons. The van der Waals surface area contributed by atoms with E-state index in [1.165, 1.54) is 4.90 Å². The first-order valence-electron chi connectivity index (χ1n) is 9.39. The molecule has 0 spiro atoms. The van der Waals surface area contributed by atoms with Crippen LogP contribution in [0.5, 0.6) is 0 Å². The number of carbonyl (C=O) groups is 2. The van der Waals surface area contributed by atoms with Crippen LogP contribution < -0.4 is 0 Å². The molecule has 1 aliphatic heterocycles. The summed E-state index contributed by atoms with van der Waals surface area (Å²) in [5.74, 6) is -0.947. The Kier molecular flexibility index (Phi) is 5.00. The Labute approximate surface area is 169 Å². The summed E-state index contributed by atoms with van der Waals surface area (Å²) in [7, 11) is -1.55. The van der Waals surface area contributed by atoms with Gasteiger partial charge in [0.25, 0.3) is 5.91 Å². The lowest BCUT2D eigenvalue weighted by Crippen LogP contribution is -2.40. The predicted molar refractivity (Wildman–Crippen MR) is 112 cm³/mol. The average Bonchev–Trinajstić information content (AvgIpc) is 3.09. The Morgan fingerprint density at radius 3 is 2.17 bits per heavy atom. The highest BCUT2D eigenvalue weighted by Crippen LogP contribution is 2.29. The van der Waals surface area contributed by atoms with Crippen LogP contribution in [0.4, 0.5) is 0 Å². The van der Waals surface area contributed by atoms with Crippen LogP contribution in [0.2, 0.25) is 0 Å².